The monoisotopic (exact) mass is 158 g/mol. The maximum absolute atomic E-state index is 9.00. The molecule has 0 heterocycles. The van der Waals surface area contributed by atoms with Gasteiger partial charge >= 0.3 is 0 Å². The van der Waals surface area contributed by atoms with E-state index in [1.807, 2.05) is 0 Å². The zero-order valence-corrected chi connectivity index (χ0v) is 6.75. The second kappa shape index (κ2) is 11.7. The highest BCUT2D eigenvalue weighted by Gasteiger charge is 1.70. The zero-order valence-electron chi connectivity index (χ0n) is 6.75. The SMILES string of the molecule is C=CCOCC=C.CC(=O)O. The lowest BCUT2D eigenvalue weighted by Crippen LogP contribution is -1.87. The molecule has 0 bridgehead atoms. The summed E-state index contributed by atoms with van der Waals surface area (Å²) in [7, 11) is 0. The number of ether oxygens (including phenoxy) is 1. The summed E-state index contributed by atoms with van der Waals surface area (Å²) in [6.45, 7) is 9.26. The van der Waals surface area contributed by atoms with E-state index in [4.69, 9.17) is 14.6 Å². The van der Waals surface area contributed by atoms with Crippen molar-refractivity contribution in [2.45, 2.75) is 6.92 Å². The first-order chi connectivity index (χ1) is 5.15. The molecule has 0 aromatic heterocycles. The molecule has 0 saturated carbocycles. The first-order valence-corrected chi connectivity index (χ1v) is 3.14. The Kier molecular flexibility index (Phi) is 13.3. The molecule has 0 aliphatic rings. The first-order valence-electron chi connectivity index (χ1n) is 3.14. The van der Waals surface area contributed by atoms with Gasteiger partial charge in [0.25, 0.3) is 5.97 Å². The minimum Gasteiger partial charge on any atom is -0.481 e. The summed E-state index contributed by atoms with van der Waals surface area (Å²) in [6, 6.07) is 0. The van der Waals surface area contributed by atoms with Gasteiger partial charge in [-0.25, -0.2) is 0 Å². The van der Waals surface area contributed by atoms with E-state index in [-0.39, 0.29) is 0 Å². The summed E-state index contributed by atoms with van der Waals surface area (Å²) < 4.78 is 4.90. The van der Waals surface area contributed by atoms with Crippen LogP contribution in [-0.2, 0) is 9.53 Å². The minimum absolute atomic E-state index is 0.617. The third-order valence-corrected chi connectivity index (χ3v) is 0.471. The van der Waals surface area contributed by atoms with Crippen LogP contribution in [0.15, 0.2) is 25.3 Å². The average Bonchev–Trinajstić information content (AvgIpc) is 1.88. The lowest BCUT2D eigenvalue weighted by atomic mass is 10.6. The smallest absolute Gasteiger partial charge is 0.300 e. The maximum atomic E-state index is 9.00. The van der Waals surface area contributed by atoms with Gasteiger partial charge in [-0.1, -0.05) is 12.2 Å². The van der Waals surface area contributed by atoms with Gasteiger partial charge in [-0.15, -0.1) is 13.2 Å². The van der Waals surface area contributed by atoms with E-state index in [9.17, 15) is 0 Å². The number of carbonyl (C=O) groups is 1. The van der Waals surface area contributed by atoms with E-state index in [0.29, 0.717) is 13.2 Å². The van der Waals surface area contributed by atoms with Crippen LogP contribution in [0.1, 0.15) is 6.92 Å². The topological polar surface area (TPSA) is 46.5 Å². The molecule has 0 radical (unpaired) electrons. The van der Waals surface area contributed by atoms with E-state index in [2.05, 4.69) is 13.2 Å². The van der Waals surface area contributed by atoms with Crippen molar-refractivity contribution in [3.63, 3.8) is 0 Å². The molecule has 0 amide bonds. The van der Waals surface area contributed by atoms with Gasteiger partial charge in [0.1, 0.15) is 0 Å². The van der Waals surface area contributed by atoms with Crippen LogP contribution in [-0.4, -0.2) is 24.3 Å². The summed E-state index contributed by atoms with van der Waals surface area (Å²) in [4.78, 5) is 9.00. The van der Waals surface area contributed by atoms with Crippen LogP contribution in [0.25, 0.3) is 0 Å². The molecular weight excluding hydrogens is 144 g/mol. The molecule has 0 fully saturated rings. The molecule has 11 heavy (non-hydrogen) atoms. The Hall–Kier alpha value is -1.09. The molecule has 0 aliphatic carbocycles. The predicted octanol–water partition coefficient (Wildman–Crippen LogP) is 1.47. The maximum Gasteiger partial charge on any atom is 0.300 e. The van der Waals surface area contributed by atoms with Crippen molar-refractivity contribution in [2.75, 3.05) is 13.2 Å². The van der Waals surface area contributed by atoms with Crippen LogP contribution in [0.4, 0.5) is 0 Å². The van der Waals surface area contributed by atoms with Crippen molar-refractivity contribution in [3.8, 4) is 0 Å². The average molecular weight is 158 g/mol. The van der Waals surface area contributed by atoms with Crippen molar-refractivity contribution in [1.82, 2.24) is 0 Å². The van der Waals surface area contributed by atoms with E-state index >= 15 is 0 Å². The lowest BCUT2D eigenvalue weighted by Gasteiger charge is -1.89. The van der Waals surface area contributed by atoms with Crippen molar-refractivity contribution < 1.29 is 14.6 Å². The van der Waals surface area contributed by atoms with Crippen molar-refractivity contribution in [2.24, 2.45) is 0 Å². The number of hydrogen-bond acceptors (Lipinski definition) is 2. The number of carboxylic acid groups (broad SMARTS) is 1. The highest BCUT2D eigenvalue weighted by Crippen LogP contribution is 1.72. The number of hydrogen-bond donors (Lipinski definition) is 1. The van der Waals surface area contributed by atoms with E-state index in [0.717, 1.165) is 6.92 Å². The Morgan fingerprint density at radius 1 is 1.45 bits per heavy atom. The molecule has 0 saturated heterocycles. The fourth-order valence-corrected chi connectivity index (χ4v) is 0.235. The third kappa shape index (κ3) is 50.2. The lowest BCUT2D eigenvalue weighted by molar-refractivity contribution is -0.134. The zero-order chi connectivity index (χ0) is 9.11. The summed E-state index contributed by atoms with van der Waals surface area (Å²) in [6.07, 6.45) is 3.42. The standard InChI is InChI=1S/C6H10O.C2H4O2/c1-3-5-7-6-4-2;1-2(3)4/h3-4H,1-2,5-6H2;1H3,(H,3,4). The molecule has 0 atom stereocenters. The Balaban J connectivity index is 0. The Labute approximate surface area is 67.0 Å². The highest BCUT2D eigenvalue weighted by atomic mass is 16.5. The van der Waals surface area contributed by atoms with Crippen LogP contribution < -0.4 is 0 Å². The molecule has 3 heteroatoms. The second-order valence-electron chi connectivity index (χ2n) is 1.63. The van der Waals surface area contributed by atoms with E-state index in [1.54, 1.807) is 12.2 Å². The Morgan fingerprint density at radius 3 is 1.91 bits per heavy atom. The fourth-order valence-electron chi connectivity index (χ4n) is 0.235. The summed E-state index contributed by atoms with van der Waals surface area (Å²) in [5, 5.41) is 7.42. The van der Waals surface area contributed by atoms with E-state index < -0.39 is 5.97 Å². The largest absolute Gasteiger partial charge is 0.481 e. The van der Waals surface area contributed by atoms with Crippen molar-refractivity contribution in [1.29, 1.82) is 0 Å². The molecule has 0 spiro atoms. The molecule has 0 rings (SSSR count). The summed E-state index contributed by atoms with van der Waals surface area (Å²) in [5.74, 6) is -0.833. The number of aliphatic carboxylic acids is 1. The second-order valence-corrected chi connectivity index (χ2v) is 1.63. The van der Waals surface area contributed by atoms with Crippen LogP contribution in [0.5, 0.6) is 0 Å². The van der Waals surface area contributed by atoms with Crippen LogP contribution in [0, 0.1) is 0 Å². The van der Waals surface area contributed by atoms with Crippen LogP contribution in [0.2, 0.25) is 0 Å². The van der Waals surface area contributed by atoms with Crippen molar-refractivity contribution in [3.05, 3.63) is 25.3 Å². The normalized spacial score (nSPS) is 7.36. The first kappa shape index (κ1) is 12.6. The highest BCUT2D eigenvalue weighted by molar-refractivity contribution is 5.62. The molecule has 3 nitrogen and oxygen atoms in total. The van der Waals surface area contributed by atoms with Gasteiger partial charge in [-0.2, -0.15) is 0 Å². The van der Waals surface area contributed by atoms with Gasteiger partial charge in [0.05, 0.1) is 13.2 Å². The summed E-state index contributed by atoms with van der Waals surface area (Å²) >= 11 is 0. The fraction of sp³-hybridized carbons (Fsp3) is 0.375. The van der Waals surface area contributed by atoms with Gasteiger partial charge in [-0.3, -0.25) is 4.79 Å². The molecule has 0 aromatic carbocycles. The van der Waals surface area contributed by atoms with Gasteiger partial charge in [0, 0.05) is 6.92 Å². The van der Waals surface area contributed by atoms with Crippen LogP contribution >= 0.6 is 0 Å². The van der Waals surface area contributed by atoms with Crippen LogP contribution in [0.3, 0.4) is 0 Å². The summed E-state index contributed by atoms with van der Waals surface area (Å²) in [5.41, 5.74) is 0. The van der Waals surface area contributed by atoms with Gasteiger partial charge in [0.2, 0.25) is 0 Å². The van der Waals surface area contributed by atoms with Gasteiger partial charge < -0.3 is 9.84 Å². The Bertz CT molecular complexity index is 107. The van der Waals surface area contributed by atoms with Crippen molar-refractivity contribution >= 4 is 5.97 Å². The van der Waals surface area contributed by atoms with E-state index in [1.165, 1.54) is 0 Å². The predicted molar refractivity (Wildman–Crippen MR) is 44.5 cm³/mol. The number of carboxylic acids is 1. The molecule has 0 unspecified atom stereocenters. The third-order valence-electron chi connectivity index (χ3n) is 0.471. The van der Waals surface area contributed by atoms with Gasteiger partial charge in [0.15, 0.2) is 0 Å². The number of rotatable bonds is 4. The molecule has 1 N–H and O–H groups in total. The Morgan fingerprint density at radius 2 is 1.73 bits per heavy atom. The molecule has 0 aromatic rings. The molecule has 0 aliphatic heterocycles. The minimum atomic E-state index is -0.833. The molecule has 64 valence electrons. The molecular formula is C8H14O3. The quantitative estimate of drug-likeness (QED) is 0.497. The van der Waals surface area contributed by atoms with Gasteiger partial charge in [-0.05, 0) is 0 Å².